The van der Waals surface area contributed by atoms with Crippen molar-refractivity contribution in [3.05, 3.63) is 29.0 Å². The van der Waals surface area contributed by atoms with Gasteiger partial charge in [-0.05, 0) is 30.9 Å². The molecule has 0 unspecified atom stereocenters. The summed E-state index contributed by atoms with van der Waals surface area (Å²) in [6.07, 6.45) is 8.98. The average Bonchev–Trinajstić information content (AvgIpc) is 3.42. The maximum absolute atomic E-state index is 12.8. The van der Waals surface area contributed by atoms with Crippen LogP contribution in [0.15, 0.2) is 18.3 Å². The van der Waals surface area contributed by atoms with Crippen molar-refractivity contribution in [3.63, 3.8) is 0 Å². The third-order valence-corrected chi connectivity index (χ3v) is 5.81. The molecule has 2 aliphatic rings. The lowest BCUT2D eigenvalue weighted by molar-refractivity contribution is -0.132. The number of nitrogens with one attached hydrogen (secondary N) is 2. The van der Waals surface area contributed by atoms with E-state index in [2.05, 4.69) is 21.5 Å². The number of amides is 3. The fourth-order valence-electron chi connectivity index (χ4n) is 3.96. The third kappa shape index (κ3) is 5.07. The van der Waals surface area contributed by atoms with Gasteiger partial charge in [0.15, 0.2) is 0 Å². The number of carbonyl (C=O) groups excluding carboxylic acids is 3. The average molecular weight is 417 g/mol. The largest absolute Gasteiger partial charge is 0.351 e. The minimum absolute atomic E-state index is 0.00989. The summed E-state index contributed by atoms with van der Waals surface area (Å²) in [5.74, 6) is 1.46. The van der Waals surface area contributed by atoms with Crippen LogP contribution in [-0.4, -0.2) is 52.8 Å². The van der Waals surface area contributed by atoms with E-state index in [0.717, 1.165) is 12.0 Å². The van der Waals surface area contributed by atoms with E-state index >= 15 is 0 Å². The maximum Gasteiger partial charge on any atom is 0.227 e. The van der Waals surface area contributed by atoms with Gasteiger partial charge >= 0.3 is 0 Å². The Balaban J connectivity index is 1.53. The van der Waals surface area contributed by atoms with Crippen molar-refractivity contribution in [1.82, 2.24) is 20.5 Å². The van der Waals surface area contributed by atoms with Gasteiger partial charge in [-0.25, -0.2) is 4.98 Å². The molecule has 1 aliphatic heterocycles. The summed E-state index contributed by atoms with van der Waals surface area (Å²) in [6, 6.07) is 3.30. The van der Waals surface area contributed by atoms with Crippen LogP contribution in [0.25, 0.3) is 0 Å². The van der Waals surface area contributed by atoms with E-state index in [0.29, 0.717) is 24.5 Å². The molecule has 4 atom stereocenters. The highest BCUT2D eigenvalue weighted by Gasteiger charge is 2.49. The van der Waals surface area contributed by atoms with Gasteiger partial charge in [0.2, 0.25) is 17.7 Å². The lowest BCUT2D eigenvalue weighted by atomic mass is 10.1. The molecule has 2 heterocycles. The molecule has 0 bridgehead atoms. The lowest BCUT2D eigenvalue weighted by Crippen LogP contribution is -2.47. The number of nitrogens with zero attached hydrogens (tertiary/aromatic N) is 2. The SMILES string of the molecule is C#CCNC(=O)[C@H]1C[C@H]1C(=O)N[C@H]1CCN(C(=O)Cc2ccc(Cl)nc2)[C@@H]1CC. The van der Waals surface area contributed by atoms with E-state index in [-0.39, 0.29) is 54.6 Å². The van der Waals surface area contributed by atoms with Crippen LogP contribution in [0.5, 0.6) is 0 Å². The first-order valence-corrected chi connectivity index (χ1v) is 10.2. The second-order valence-corrected chi connectivity index (χ2v) is 7.89. The Hall–Kier alpha value is -2.59. The Kier molecular flexibility index (Phi) is 6.75. The molecule has 2 N–H and O–H groups in total. The molecule has 1 aliphatic carbocycles. The highest BCUT2D eigenvalue weighted by Crippen LogP contribution is 2.39. The van der Waals surface area contributed by atoms with Gasteiger partial charge in [-0.15, -0.1) is 6.42 Å². The van der Waals surface area contributed by atoms with Gasteiger partial charge in [-0.2, -0.15) is 0 Å². The predicted octanol–water partition coefficient (Wildman–Crippen LogP) is 1.16. The standard InChI is InChI=1S/C21H25ClN4O3/c1-3-8-23-20(28)14-11-15(14)21(29)25-16-7-9-26(17(16)4-2)19(27)10-13-5-6-18(22)24-12-13/h1,5-6,12,14-17H,4,7-11H2,2H3,(H,23,28)(H,25,29)/t14-,15+,16-,17+/m0/s1. The molecular formula is C21H25ClN4O3. The summed E-state index contributed by atoms with van der Waals surface area (Å²) in [6.45, 7) is 2.77. The highest BCUT2D eigenvalue weighted by atomic mass is 35.5. The quantitative estimate of drug-likeness (QED) is 0.515. The van der Waals surface area contributed by atoms with Gasteiger partial charge in [0.05, 0.1) is 36.9 Å². The summed E-state index contributed by atoms with van der Waals surface area (Å²) in [5, 5.41) is 6.07. The summed E-state index contributed by atoms with van der Waals surface area (Å²) < 4.78 is 0. The molecule has 3 rings (SSSR count). The van der Waals surface area contributed by atoms with E-state index in [9.17, 15) is 14.4 Å². The molecule has 1 saturated heterocycles. The molecule has 1 saturated carbocycles. The lowest BCUT2D eigenvalue weighted by Gasteiger charge is -2.28. The fraction of sp³-hybridized carbons (Fsp3) is 0.524. The van der Waals surface area contributed by atoms with E-state index < -0.39 is 0 Å². The summed E-state index contributed by atoms with van der Waals surface area (Å²) >= 11 is 5.79. The number of hydrogen-bond donors (Lipinski definition) is 2. The number of halogens is 1. The van der Waals surface area contributed by atoms with Crippen LogP contribution in [0, 0.1) is 24.2 Å². The third-order valence-electron chi connectivity index (χ3n) is 5.58. The van der Waals surface area contributed by atoms with Crippen LogP contribution in [0.3, 0.4) is 0 Å². The second kappa shape index (κ2) is 9.27. The molecule has 0 aromatic carbocycles. The predicted molar refractivity (Wildman–Crippen MR) is 109 cm³/mol. The molecule has 0 spiro atoms. The zero-order chi connectivity index (χ0) is 21.0. The van der Waals surface area contributed by atoms with Gasteiger partial charge in [0, 0.05) is 12.7 Å². The Morgan fingerprint density at radius 2 is 2.07 bits per heavy atom. The molecule has 7 nitrogen and oxygen atoms in total. The molecule has 1 aromatic heterocycles. The number of pyridine rings is 1. The van der Waals surface area contributed by atoms with Gasteiger partial charge in [-0.3, -0.25) is 14.4 Å². The molecule has 1 aromatic rings. The number of terminal acetylenes is 1. The number of hydrogen-bond acceptors (Lipinski definition) is 4. The van der Waals surface area contributed by atoms with Crippen LogP contribution in [0.1, 0.15) is 31.7 Å². The van der Waals surface area contributed by atoms with Crippen LogP contribution in [-0.2, 0) is 20.8 Å². The van der Waals surface area contributed by atoms with Crippen LogP contribution in [0.2, 0.25) is 5.15 Å². The summed E-state index contributed by atoms with van der Waals surface area (Å²) in [4.78, 5) is 43.1. The normalized spacial score (nSPS) is 25.2. The van der Waals surface area contributed by atoms with E-state index in [1.165, 1.54) is 0 Å². The van der Waals surface area contributed by atoms with E-state index in [1.54, 1.807) is 18.3 Å². The van der Waals surface area contributed by atoms with Gasteiger partial charge in [0.1, 0.15) is 5.15 Å². The Morgan fingerprint density at radius 1 is 1.31 bits per heavy atom. The summed E-state index contributed by atoms with van der Waals surface area (Å²) in [7, 11) is 0. The number of rotatable bonds is 7. The Bertz CT molecular complexity index is 820. The molecule has 154 valence electrons. The summed E-state index contributed by atoms with van der Waals surface area (Å²) in [5.41, 5.74) is 0.806. The minimum atomic E-state index is -0.310. The molecule has 2 fully saturated rings. The minimum Gasteiger partial charge on any atom is -0.351 e. The van der Waals surface area contributed by atoms with Crippen molar-refractivity contribution in [3.8, 4) is 12.3 Å². The van der Waals surface area contributed by atoms with Crippen molar-refractivity contribution in [2.24, 2.45) is 11.8 Å². The molecule has 3 amide bonds. The Labute approximate surface area is 175 Å². The van der Waals surface area contributed by atoms with Crippen molar-refractivity contribution in [2.75, 3.05) is 13.1 Å². The molecule has 8 heteroatoms. The van der Waals surface area contributed by atoms with Crippen molar-refractivity contribution in [2.45, 2.75) is 44.7 Å². The van der Waals surface area contributed by atoms with Crippen LogP contribution in [0.4, 0.5) is 0 Å². The highest BCUT2D eigenvalue weighted by molar-refractivity contribution is 6.29. The zero-order valence-electron chi connectivity index (χ0n) is 16.4. The Morgan fingerprint density at radius 3 is 2.72 bits per heavy atom. The topological polar surface area (TPSA) is 91.4 Å². The zero-order valence-corrected chi connectivity index (χ0v) is 17.1. The van der Waals surface area contributed by atoms with Crippen LogP contribution < -0.4 is 10.6 Å². The van der Waals surface area contributed by atoms with E-state index in [1.807, 2.05) is 11.8 Å². The number of carbonyl (C=O) groups is 3. The van der Waals surface area contributed by atoms with E-state index in [4.69, 9.17) is 18.0 Å². The first-order valence-electron chi connectivity index (χ1n) is 9.86. The van der Waals surface area contributed by atoms with Crippen molar-refractivity contribution < 1.29 is 14.4 Å². The smallest absolute Gasteiger partial charge is 0.227 e. The molecular weight excluding hydrogens is 392 g/mol. The van der Waals surface area contributed by atoms with Gasteiger partial charge in [0.25, 0.3) is 0 Å². The first-order chi connectivity index (χ1) is 13.9. The van der Waals surface area contributed by atoms with Crippen molar-refractivity contribution in [1.29, 1.82) is 0 Å². The first kappa shape index (κ1) is 21.1. The number of aromatic nitrogens is 1. The van der Waals surface area contributed by atoms with Gasteiger partial charge in [-0.1, -0.05) is 30.5 Å². The fourth-order valence-corrected chi connectivity index (χ4v) is 4.07. The second-order valence-electron chi connectivity index (χ2n) is 7.50. The monoisotopic (exact) mass is 416 g/mol. The number of likely N-dealkylation sites (tertiary alicyclic amines) is 1. The van der Waals surface area contributed by atoms with Crippen molar-refractivity contribution >= 4 is 29.3 Å². The van der Waals surface area contributed by atoms with Gasteiger partial charge < -0.3 is 15.5 Å². The molecule has 29 heavy (non-hydrogen) atoms. The van der Waals surface area contributed by atoms with Crippen LogP contribution >= 0.6 is 11.6 Å². The maximum atomic E-state index is 12.8. The molecule has 0 radical (unpaired) electrons.